The first-order chi connectivity index (χ1) is 16.8. The average molecular weight is 496 g/mol. The van der Waals surface area contributed by atoms with E-state index in [2.05, 4.69) is 35.0 Å². The predicted molar refractivity (Wildman–Crippen MR) is 143 cm³/mol. The molecule has 0 heterocycles. The highest BCUT2D eigenvalue weighted by Gasteiger charge is 2.11. The molecule has 0 radical (unpaired) electrons. The van der Waals surface area contributed by atoms with Gasteiger partial charge in [0.25, 0.3) is 11.9 Å². The van der Waals surface area contributed by atoms with E-state index in [1.165, 1.54) is 5.56 Å². The third kappa shape index (κ3) is 10.2. The number of carbonyl (C=O) groups excluding carboxylic acids is 1. The van der Waals surface area contributed by atoms with E-state index in [0.29, 0.717) is 17.1 Å². The molecule has 3 rings (SSSR count). The molecule has 0 aliphatic rings. The topological polar surface area (TPSA) is 90.5 Å². The van der Waals surface area contributed by atoms with Crippen molar-refractivity contribution in [3.8, 4) is 0 Å². The van der Waals surface area contributed by atoms with Crippen molar-refractivity contribution in [2.24, 2.45) is 0 Å². The van der Waals surface area contributed by atoms with Crippen LogP contribution in [0.25, 0.3) is 0 Å². The van der Waals surface area contributed by atoms with Crippen LogP contribution in [0.1, 0.15) is 53.9 Å². The molecular formula is C28H34ClN3O3. The van der Waals surface area contributed by atoms with Gasteiger partial charge in [-0.05, 0) is 67.4 Å². The molecule has 0 saturated carbocycles. The van der Waals surface area contributed by atoms with Crippen molar-refractivity contribution in [3.63, 3.8) is 0 Å². The van der Waals surface area contributed by atoms with E-state index in [-0.39, 0.29) is 11.9 Å². The molecule has 3 aromatic carbocycles. The predicted octanol–water partition coefficient (Wildman–Crippen LogP) is 5.69. The van der Waals surface area contributed by atoms with Gasteiger partial charge in [0.15, 0.2) is 0 Å². The Labute approximate surface area is 212 Å². The molecule has 1 atom stereocenters. The van der Waals surface area contributed by atoms with Crippen LogP contribution < -0.4 is 16.0 Å². The zero-order chi connectivity index (χ0) is 25.6. The summed E-state index contributed by atoms with van der Waals surface area (Å²) in [5, 5.41) is 17.9. The molecule has 0 aliphatic heterocycles. The maximum absolute atomic E-state index is 12.6. The summed E-state index contributed by atoms with van der Waals surface area (Å²) in [7, 11) is 0. The number of amides is 1. The summed E-state index contributed by atoms with van der Waals surface area (Å²) in [4.78, 5) is 21.6. The number of hydrogen-bond donors (Lipinski definition) is 4. The van der Waals surface area contributed by atoms with Gasteiger partial charge in [0.1, 0.15) is 0 Å². The second kappa shape index (κ2) is 14.8. The Balaban J connectivity index is 0.00000100. The molecule has 0 aliphatic carbocycles. The standard InChI is InChI=1S/C26H30ClN3O.C2H4O2/c1-3-28-16-15-20-11-14-24(27)25(17-20)29-18-21-9-12-23(13-10-21)26(31)30-19(2)22-7-5-4-6-8-22;1-2(3)4/h4-14,17,19,28-29H,3,15-16,18H2,1-2H3,(H,30,31);1H3,(H,3,4). The van der Waals surface area contributed by atoms with Crippen molar-refractivity contribution in [3.05, 3.63) is 100 Å². The second-order valence-electron chi connectivity index (χ2n) is 8.09. The molecule has 0 bridgehead atoms. The first-order valence-corrected chi connectivity index (χ1v) is 12.0. The average Bonchev–Trinajstić information content (AvgIpc) is 2.85. The molecule has 1 amide bonds. The van der Waals surface area contributed by atoms with E-state index in [0.717, 1.165) is 43.2 Å². The van der Waals surface area contributed by atoms with Gasteiger partial charge in [-0.2, -0.15) is 0 Å². The number of hydrogen-bond acceptors (Lipinski definition) is 4. The van der Waals surface area contributed by atoms with E-state index in [1.54, 1.807) is 0 Å². The number of carbonyl (C=O) groups is 2. The third-order valence-corrected chi connectivity index (χ3v) is 5.55. The Hall–Kier alpha value is -3.35. The van der Waals surface area contributed by atoms with Crippen LogP contribution in [0.3, 0.4) is 0 Å². The molecule has 0 spiro atoms. The minimum Gasteiger partial charge on any atom is -0.481 e. The number of halogens is 1. The molecule has 35 heavy (non-hydrogen) atoms. The molecule has 0 fully saturated rings. The Kier molecular flexibility index (Phi) is 11.8. The summed E-state index contributed by atoms with van der Waals surface area (Å²) in [5.41, 5.74) is 4.99. The van der Waals surface area contributed by atoms with Crippen LogP contribution in [0.5, 0.6) is 0 Å². The fourth-order valence-corrected chi connectivity index (χ4v) is 3.53. The van der Waals surface area contributed by atoms with Crippen LogP contribution in [0.2, 0.25) is 5.02 Å². The fourth-order valence-electron chi connectivity index (χ4n) is 3.35. The van der Waals surface area contributed by atoms with Gasteiger partial charge in [0.05, 0.1) is 16.8 Å². The van der Waals surface area contributed by atoms with Crippen LogP contribution >= 0.6 is 11.6 Å². The largest absolute Gasteiger partial charge is 0.481 e. The number of aliphatic carboxylic acids is 1. The summed E-state index contributed by atoms with van der Waals surface area (Å²) in [6.07, 6.45) is 0.963. The molecule has 3 aromatic rings. The highest BCUT2D eigenvalue weighted by Crippen LogP contribution is 2.24. The number of likely N-dealkylation sites (N-methyl/N-ethyl adjacent to an activating group) is 1. The van der Waals surface area contributed by atoms with Crippen LogP contribution in [0.4, 0.5) is 5.69 Å². The Morgan fingerprint density at radius 2 is 1.60 bits per heavy atom. The van der Waals surface area contributed by atoms with Gasteiger partial charge in [-0.25, -0.2) is 0 Å². The maximum Gasteiger partial charge on any atom is 0.300 e. The van der Waals surface area contributed by atoms with E-state index in [9.17, 15) is 4.79 Å². The number of rotatable bonds is 10. The highest BCUT2D eigenvalue weighted by atomic mass is 35.5. The molecule has 4 N–H and O–H groups in total. The summed E-state index contributed by atoms with van der Waals surface area (Å²) < 4.78 is 0. The quantitative estimate of drug-likeness (QED) is 0.271. The van der Waals surface area contributed by atoms with Gasteiger partial charge in [-0.1, -0.05) is 67.1 Å². The molecular weight excluding hydrogens is 462 g/mol. The van der Waals surface area contributed by atoms with E-state index in [1.807, 2.05) is 67.6 Å². The smallest absolute Gasteiger partial charge is 0.300 e. The monoisotopic (exact) mass is 495 g/mol. The summed E-state index contributed by atoms with van der Waals surface area (Å²) in [6, 6.07) is 23.7. The van der Waals surface area contributed by atoms with Gasteiger partial charge >= 0.3 is 0 Å². The lowest BCUT2D eigenvalue weighted by molar-refractivity contribution is -0.134. The van der Waals surface area contributed by atoms with Crippen LogP contribution in [0.15, 0.2) is 72.8 Å². The number of benzene rings is 3. The van der Waals surface area contributed by atoms with Crippen molar-refractivity contribution in [2.45, 2.75) is 39.8 Å². The third-order valence-electron chi connectivity index (χ3n) is 5.22. The minimum absolute atomic E-state index is 0.0445. The molecule has 186 valence electrons. The van der Waals surface area contributed by atoms with Crippen molar-refractivity contribution in [2.75, 3.05) is 18.4 Å². The summed E-state index contributed by atoms with van der Waals surface area (Å²) in [6.45, 7) is 7.73. The van der Waals surface area contributed by atoms with Gasteiger partial charge in [0, 0.05) is 19.0 Å². The van der Waals surface area contributed by atoms with E-state index < -0.39 is 5.97 Å². The van der Waals surface area contributed by atoms with Gasteiger partial charge in [-0.15, -0.1) is 0 Å². The lowest BCUT2D eigenvalue weighted by Crippen LogP contribution is -2.26. The van der Waals surface area contributed by atoms with Crippen molar-refractivity contribution in [1.29, 1.82) is 0 Å². The molecule has 7 heteroatoms. The van der Waals surface area contributed by atoms with Gasteiger partial charge in [0.2, 0.25) is 0 Å². The molecule has 0 saturated heterocycles. The first-order valence-electron chi connectivity index (χ1n) is 11.7. The SMILES string of the molecule is CC(=O)O.CCNCCc1ccc(Cl)c(NCc2ccc(C(=O)NC(C)c3ccccc3)cc2)c1. The number of nitrogens with one attached hydrogen (secondary N) is 3. The summed E-state index contributed by atoms with van der Waals surface area (Å²) >= 11 is 6.36. The second-order valence-corrected chi connectivity index (χ2v) is 8.50. The van der Waals surface area contributed by atoms with E-state index in [4.69, 9.17) is 21.5 Å². The van der Waals surface area contributed by atoms with Crippen molar-refractivity contribution < 1.29 is 14.7 Å². The Morgan fingerprint density at radius 3 is 2.23 bits per heavy atom. The first kappa shape index (κ1) is 27.9. The molecule has 1 unspecified atom stereocenters. The number of carboxylic acids is 1. The lowest BCUT2D eigenvalue weighted by atomic mass is 10.1. The fraction of sp³-hybridized carbons (Fsp3) is 0.286. The molecule has 6 nitrogen and oxygen atoms in total. The normalized spacial score (nSPS) is 11.1. The highest BCUT2D eigenvalue weighted by molar-refractivity contribution is 6.33. The van der Waals surface area contributed by atoms with Crippen LogP contribution in [-0.4, -0.2) is 30.1 Å². The maximum atomic E-state index is 12.6. The van der Waals surface area contributed by atoms with Gasteiger partial charge < -0.3 is 21.1 Å². The van der Waals surface area contributed by atoms with Gasteiger partial charge in [-0.3, -0.25) is 9.59 Å². The zero-order valence-corrected chi connectivity index (χ0v) is 21.2. The van der Waals surface area contributed by atoms with Crippen molar-refractivity contribution >= 4 is 29.2 Å². The Morgan fingerprint density at radius 1 is 0.971 bits per heavy atom. The molecule has 0 aromatic heterocycles. The Bertz CT molecular complexity index is 1070. The summed E-state index contributed by atoms with van der Waals surface area (Å²) in [5.74, 6) is -0.910. The van der Waals surface area contributed by atoms with Crippen LogP contribution in [0, 0.1) is 0 Å². The number of anilines is 1. The number of carboxylic acid groups (broad SMARTS) is 1. The minimum atomic E-state index is -0.833. The van der Waals surface area contributed by atoms with Crippen LogP contribution in [-0.2, 0) is 17.8 Å². The lowest BCUT2D eigenvalue weighted by Gasteiger charge is -2.15. The zero-order valence-electron chi connectivity index (χ0n) is 20.5. The van der Waals surface area contributed by atoms with Crippen molar-refractivity contribution in [1.82, 2.24) is 10.6 Å². The van der Waals surface area contributed by atoms with E-state index >= 15 is 0 Å².